The summed E-state index contributed by atoms with van der Waals surface area (Å²) >= 11 is 0. The molecule has 0 saturated carbocycles. The number of carbonyl (C=O) groups is 1. The molecular weight excluding hydrogens is 286 g/mol. The fourth-order valence-electron chi connectivity index (χ4n) is 3.06. The highest BCUT2D eigenvalue weighted by atomic mass is 16.2. The van der Waals surface area contributed by atoms with E-state index in [1.54, 1.807) is 0 Å². The Bertz CT molecular complexity index is 487. The van der Waals surface area contributed by atoms with Gasteiger partial charge in [0.05, 0.1) is 6.04 Å². The maximum Gasteiger partial charge on any atom is 0.317 e. The first-order valence-electron chi connectivity index (χ1n) is 8.72. The van der Waals surface area contributed by atoms with Gasteiger partial charge in [-0.25, -0.2) is 4.79 Å². The number of urea groups is 1. The molecule has 1 fully saturated rings. The van der Waals surface area contributed by atoms with E-state index in [4.69, 9.17) is 0 Å². The monoisotopic (exact) mass is 317 g/mol. The Hall–Kier alpha value is -1.55. The highest BCUT2D eigenvalue weighted by molar-refractivity contribution is 5.74. The average Bonchev–Trinajstić information content (AvgIpc) is 2.54. The molecule has 1 N–H and O–H groups in total. The summed E-state index contributed by atoms with van der Waals surface area (Å²) in [5.41, 5.74) is 1.34. The van der Waals surface area contributed by atoms with E-state index in [9.17, 15) is 4.79 Å². The zero-order valence-electron chi connectivity index (χ0n) is 15.0. The molecule has 1 saturated heterocycles. The lowest BCUT2D eigenvalue weighted by atomic mass is 9.85. The van der Waals surface area contributed by atoms with Crippen LogP contribution >= 0.6 is 0 Å². The van der Waals surface area contributed by atoms with Gasteiger partial charge in [0.2, 0.25) is 0 Å². The minimum absolute atomic E-state index is 0.0629. The van der Waals surface area contributed by atoms with Crippen molar-refractivity contribution in [2.75, 3.05) is 32.7 Å². The SMILES string of the molecule is CCN1CCN(C(=O)NC(CC(C)(C)C)c2ccccc2)CC1. The second-order valence-electron chi connectivity index (χ2n) is 7.60. The van der Waals surface area contributed by atoms with Gasteiger partial charge in [-0.1, -0.05) is 58.0 Å². The van der Waals surface area contributed by atoms with Crippen LogP contribution in [0.1, 0.15) is 45.7 Å². The van der Waals surface area contributed by atoms with Crippen molar-refractivity contribution in [1.82, 2.24) is 15.1 Å². The second-order valence-corrected chi connectivity index (χ2v) is 7.60. The molecule has 128 valence electrons. The Kier molecular flexibility index (Phi) is 6.05. The molecule has 1 aliphatic heterocycles. The standard InChI is InChI=1S/C19H31N3O/c1-5-21-11-13-22(14-12-21)18(23)20-17(15-19(2,3)4)16-9-7-6-8-10-16/h6-10,17H,5,11-15H2,1-4H3,(H,20,23). The molecule has 0 spiro atoms. The van der Waals surface area contributed by atoms with Crippen LogP contribution in [-0.2, 0) is 0 Å². The number of benzene rings is 1. The number of carbonyl (C=O) groups excluding carboxylic acids is 1. The number of piperazine rings is 1. The van der Waals surface area contributed by atoms with Crippen molar-refractivity contribution in [3.63, 3.8) is 0 Å². The van der Waals surface area contributed by atoms with Crippen LogP contribution in [0.3, 0.4) is 0 Å². The van der Waals surface area contributed by atoms with E-state index in [1.165, 1.54) is 5.56 Å². The van der Waals surface area contributed by atoms with Crippen molar-refractivity contribution < 1.29 is 4.79 Å². The lowest BCUT2D eigenvalue weighted by molar-refractivity contribution is 0.138. The smallest absolute Gasteiger partial charge is 0.317 e. The van der Waals surface area contributed by atoms with E-state index in [-0.39, 0.29) is 17.5 Å². The Morgan fingerprint density at radius 2 is 1.74 bits per heavy atom. The average molecular weight is 317 g/mol. The molecule has 0 radical (unpaired) electrons. The van der Waals surface area contributed by atoms with Gasteiger partial charge in [0, 0.05) is 26.2 Å². The van der Waals surface area contributed by atoms with Crippen LogP contribution in [0.25, 0.3) is 0 Å². The largest absolute Gasteiger partial charge is 0.331 e. The van der Waals surface area contributed by atoms with E-state index in [0.29, 0.717) is 0 Å². The number of amides is 2. The van der Waals surface area contributed by atoms with Crippen molar-refractivity contribution in [1.29, 1.82) is 0 Å². The van der Waals surface area contributed by atoms with Crippen LogP contribution in [-0.4, -0.2) is 48.6 Å². The molecule has 4 nitrogen and oxygen atoms in total. The molecule has 2 amide bonds. The predicted molar refractivity (Wildman–Crippen MR) is 95.5 cm³/mol. The third-order valence-electron chi connectivity index (χ3n) is 4.42. The number of nitrogens with zero attached hydrogens (tertiary/aromatic N) is 2. The van der Waals surface area contributed by atoms with E-state index in [2.05, 4.69) is 50.0 Å². The van der Waals surface area contributed by atoms with Crippen LogP contribution in [0.4, 0.5) is 4.79 Å². The Morgan fingerprint density at radius 3 is 2.26 bits per heavy atom. The molecule has 0 aliphatic carbocycles. The van der Waals surface area contributed by atoms with Gasteiger partial charge in [-0.2, -0.15) is 0 Å². The first-order valence-corrected chi connectivity index (χ1v) is 8.72. The van der Waals surface area contributed by atoms with Gasteiger partial charge in [0.1, 0.15) is 0 Å². The second kappa shape index (κ2) is 7.82. The maximum atomic E-state index is 12.7. The van der Waals surface area contributed by atoms with E-state index >= 15 is 0 Å². The van der Waals surface area contributed by atoms with Gasteiger partial charge in [0.25, 0.3) is 0 Å². The highest BCUT2D eigenvalue weighted by Crippen LogP contribution is 2.29. The molecule has 1 aromatic carbocycles. The molecule has 1 aromatic rings. The van der Waals surface area contributed by atoms with Crippen LogP contribution in [0.15, 0.2) is 30.3 Å². The molecule has 2 rings (SSSR count). The predicted octanol–water partition coefficient (Wildman–Crippen LogP) is 3.51. The Balaban J connectivity index is 2.01. The van der Waals surface area contributed by atoms with Gasteiger partial charge in [-0.15, -0.1) is 0 Å². The first kappa shape index (κ1) is 17.8. The maximum absolute atomic E-state index is 12.7. The topological polar surface area (TPSA) is 35.6 Å². The van der Waals surface area contributed by atoms with Gasteiger partial charge in [-0.05, 0) is 23.9 Å². The molecule has 0 aromatic heterocycles. The summed E-state index contributed by atoms with van der Waals surface area (Å²) in [5.74, 6) is 0. The van der Waals surface area contributed by atoms with Crippen molar-refractivity contribution in [2.45, 2.75) is 40.2 Å². The van der Waals surface area contributed by atoms with Gasteiger partial charge in [-0.3, -0.25) is 0 Å². The third kappa shape index (κ3) is 5.54. The van der Waals surface area contributed by atoms with Crippen LogP contribution in [0, 0.1) is 5.41 Å². The Morgan fingerprint density at radius 1 is 1.13 bits per heavy atom. The summed E-state index contributed by atoms with van der Waals surface area (Å²) in [4.78, 5) is 17.0. The number of hydrogen-bond acceptors (Lipinski definition) is 2. The normalized spacial score (nSPS) is 17.8. The minimum Gasteiger partial charge on any atom is -0.331 e. The number of rotatable bonds is 4. The number of likely N-dealkylation sites (N-methyl/N-ethyl adjacent to an activating group) is 1. The lowest BCUT2D eigenvalue weighted by Crippen LogP contribution is -2.52. The fraction of sp³-hybridized carbons (Fsp3) is 0.632. The van der Waals surface area contributed by atoms with Gasteiger partial charge >= 0.3 is 6.03 Å². The van der Waals surface area contributed by atoms with Crippen molar-refractivity contribution in [3.05, 3.63) is 35.9 Å². The molecule has 1 heterocycles. The molecular formula is C19H31N3O. The number of hydrogen-bond donors (Lipinski definition) is 1. The van der Waals surface area contributed by atoms with E-state index in [0.717, 1.165) is 39.1 Å². The van der Waals surface area contributed by atoms with Crippen LogP contribution in [0.2, 0.25) is 0 Å². The first-order chi connectivity index (χ1) is 10.9. The molecule has 4 heteroatoms. The summed E-state index contributed by atoms with van der Waals surface area (Å²) in [5, 5.41) is 3.26. The summed E-state index contributed by atoms with van der Waals surface area (Å²) in [7, 11) is 0. The molecule has 0 bridgehead atoms. The molecule has 23 heavy (non-hydrogen) atoms. The minimum atomic E-state index is 0.0629. The van der Waals surface area contributed by atoms with Crippen LogP contribution in [0.5, 0.6) is 0 Å². The summed E-state index contributed by atoms with van der Waals surface area (Å²) in [6.07, 6.45) is 0.928. The van der Waals surface area contributed by atoms with E-state index < -0.39 is 0 Å². The number of nitrogens with one attached hydrogen (secondary N) is 1. The molecule has 1 atom stereocenters. The van der Waals surface area contributed by atoms with Crippen LogP contribution < -0.4 is 5.32 Å². The molecule has 1 aliphatic rings. The van der Waals surface area contributed by atoms with Gasteiger partial charge < -0.3 is 15.1 Å². The molecule has 1 unspecified atom stereocenters. The van der Waals surface area contributed by atoms with Gasteiger partial charge in [0.15, 0.2) is 0 Å². The highest BCUT2D eigenvalue weighted by Gasteiger charge is 2.25. The van der Waals surface area contributed by atoms with Crippen molar-refractivity contribution in [3.8, 4) is 0 Å². The Labute approximate surface area is 140 Å². The fourth-order valence-corrected chi connectivity index (χ4v) is 3.06. The van der Waals surface area contributed by atoms with Crippen molar-refractivity contribution >= 4 is 6.03 Å². The lowest BCUT2D eigenvalue weighted by Gasteiger charge is -2.36. The zero-order chi connectivity index (χ0) is 16.9. The zero-order valence-corrected chi connectivity index (χ0v) is 15.0. The quantitative estimate of drug-likeness (QED) is 0.922. The van der Waals surface area contributed by atoms with Crippen molar-refractivity contribution in [2.24, 2.45) is 5.41 Å². The third-order valence-corrected chi connectivity index (χ3v) is 4.42. The summed E-state index contributed by atoms with van der Waals surface area (Å²) in [6.45, 7) is 13.5. The summed E-state index contributed by atoms with van der Waals surface area (Å²) < 4.78 is 0. The summed E-state index contributed by atoms with van der Waals surface area (Å²) in [6, 6.07) is 10.4. The van der Waals surface area contributed by atoms with E-state index in [1.807, 2.05) is 23.1 Å².